The van der Waals surface area contributed by atoms with Crippen molar-refractivity contribution in [3.63, 3.8) is 0 Å². The van der Waals surface area contributed by atoms with Crippen LogP contribution in [0.3, 0.4) is 0 Å². The van der Waals surface area contributed by atoms with E-state index in [0.29, 0.717) is 16.7 Å². The average molecular weight is 877 g/mol. The van der Waals surface area contributed by atoms with E-state index in [1.807, 2.05) is 86.5 Å². The van der Waals surface area contributed by atoms with Crippen LogP contribution in [-0.2, 0) is 67.0 Å². The minimum atomic E-state index is -3.97. The van der Waals surface area contributed by atoms with Crippen molar-refractivity contribution in [3.8, 4) is 5.75 Å². The molecule has 2 heterocycles. The van der Waals surface area contributed by atoms with Gasteiger partial charge in [-0.3, -0.25) is 14.8 Å². The molecule has 0 N–H and O–H groups in total. The van der Waals surface area contributed by atoms with Gasteiger partial charge in [-0.15, -0.1) is 0 Å². The number of anilines is 2. The highest BCUT2D eigenvalue weighted by molar-refractivity contribution is 7.89. The molecule has 0 amide bonds. The molecule has 4 aromatic carbocycles. The summed E-state index contributed by atoms with van der Waals surface area (Å²) in [5.41, 5.74) is 5.25. The summed E-state index contributed by atoms with van der Waals surface area (Å²) in [6.45, 7) is -0.423. The van der Waals surface area contributed by atoms with E-state index in [2.05, 4.69) is 9.97 Å². The molecule has 0 saturated carbocycles. The van der Waals surface area contributed by atoms with E-state index in [1.54, 1.807) is 60.7 Å². The summed E-state index contributed by atoms with van der Waals surface area (Å²) in [5, 5.41) is 0. The summed E-state index contributed by atoms with van der Waals surface area (Å²) in [7, 11) is -0.244. The Bertz CT molecular complexity index is 2670. The van der Waals surface area contributed by atoms with Gasteiger partial charge >= 0.3 is 11.9 Å². The van der Waals surface area contributed by atoms with Crippen LogP contribution in [0.2, 0.25) is 0 Å². The molecule has 0 radical (unpaired) electrons. The Morgan fingerprint density at radius 3 is 1.44 bits per heavy atom. The lowest BCUT2D eigenvalue weighted by Gasteiger charge is -2.23. The molecular weight excluding hydrogens is 829 g/mol. The summed E-state index contributed by atoms with van der Waals surface area (Å²) < 4.78 is 68.8. The van der Waals surface area contributed by atoms with Crippen LogP contribution in [0.25, 0.3) is 0 Å². The Kier molecular flexibility index (Phi) is 14.8. The van der Waals surface area contributed by atoms with E-state index in [4.69, 9.17) is 9.47 Å². The van der Waals surface area contributed by atoms with Gasteiger partial charge in [-0.25, -0.2) is 21.6 Å². The van der Waals surface area contributed by atoms with Gasteiger partial charge in [0.15, 0.2) is 6.61 Å². The first-order chi connectivity index (χ1) is 29.7. The monoisotopic (exact) mass is 876 g/mol. The molecule has 0 saturated heterocycles. The van der Waals surface area contributed by atoms with Crippen LogP contribution in [-0.4, -0.2) is 82.2 Å². The van der Waals surface area contributed by atoms with Crippen LogP contribution in [0.15, 0.2) is 156 Å². The number of ether oxygens (including phenoxy) is 2. The van der Waals surface area contributed by atoms with Gasteiger partial charge in [-0.2, -0.15) is 8.61 Å². The van der Waals surface area contributed by atoms with E-state index in [9.17, 15) is 26.4 Å². The molecule has 16 heteroatoms. The zero-order chi connectivity index (χ0) is 44.3. The van der Waals surface area contributed by atoms with Gasteiger partial charge in [0.05, 0.1) is 6.42 Å². The Balaban J connectivity index is 1.08. The molecule has 0 aliphatic rings. The van der Waals surface area contributed by atoms with E-state index in [-0.39, 0.29) is 48.1 Å². The maximum atomic E-state index is 13.8. The number of esters is 2. The number of aromatic nitrogens is 2. The second-order valence-corrected chi connectivity index (χ2v) is 18.7. The molecule has 14 nitrogen and oxygen atoms in total. The molecule has 0 aliphatic carbocycles. The fourth-order valence-corrected chi connectivity index (χ4v) is 9.20. The smallest absolute Gasteiger partial charge is 0.351 e. The Morgan fingerprint density at radius 1 is 0.516 bits per heavy atom. The molecular formula is C46H48N6O8S2. The van der Waals surface area contributed by atoms with Crippen LogP contribution in [0, 0.1) is 0 Å². The van der Waals surface area contributed by atoms with Crippen molar-refractivity contribution >= 4 is 43.4 Å². The molecule has 322 valence electrons. The second-order valence-electron chi connectivity index (χ2n) is 14.8. The standard InChI is InChI=1S/C46H48N6O8S2/c1-49(2)40-19-15-35(16-20-40)30-51(61(55,56)43-13-7-23-47-28-43)32-38-10-5-9-37(25-38)27-45(53)60-46(54)34-59-42-12-6-11-39(26-42)33-52(62(57,58)44-14-8-24-48-29-44)31-36-17-21-41(22-18-36)50(3)4/h5-26,28-29H,27,30-34H2,1-4H3. The third kappa shape index (κ3) is 12.1. The van der Waals surface area contributed by atoms with E-state index >= 15 is 0 Å². The predicted molar refractivity (Wildman–Crippen MR) is 236 cm³/mol. The normalized spacial score (nSPS) is 11.6. The Hall–Kier alpha value is -6.46. The van der Waals surface area contributed by atoms with Crippen LogP contribution in [0.4, 0.5) is 11.4 Å². The molecule has 0 atom stereocenters. The third-order valence-electron chi connectivity index (χ3n) is 9.71. The van der Waals surface area contributed by atoms with E-state index in [1.165, 1.54) is 45.5 Å². The van der Waals surface area contributed by atoms with Gasteiger partial charge in [-0.1, -0.05) is 60.7 Å². The number of nitrogens with zero attached hydrogens (tertiary/aromatic N) is 6. The van der Waals surface area contributed by atoms with Crippen LogP contribution in [0.1, 0.15) is 27.8 Å². The van der Waals surface area contributed by atoms with Crippen molar-refractivity contribution < 1.29 is 35.9 Å². The maximum Gasteiger partial charge on any atom is 0.351 e. The van der Waals surface area contributed by atoms with Crippen molar-refractivity contribution in [1.82, 2.24) is 18.6 Å². The average Bonchev–Trinajstić information content (AvgIpc) is 3.26. The molecule has 6 rings (SSSR count). The van der Waals surface area contributed by atoms with Crippen molar-refractivity contribution in [2.24, 2.45) is 0 Å². The molecule has 0 fully saturated rings. The zero-order valence-electron chi connectivity index (χ0n) is 34.9. The fraction of sp³-hybridized carbons (Fsp3) is 0.217. The van der Waals surface area contributed by atoms with Gasteiger partial charge in [0.1, 0.15) is 15.5 Å². The molecule has 0 aliphatic heterocycles. The van der Waals surface area contributed by atoms with Crippen molar-refractivity contribution in [3.05, 3.63) is 174 Å². The summed E-state index contributed by atoms with van der Waals surface area (Å²) in [6, 6.07) is 34.8. The van der Waals surface area contributed by atoms with Crippen molar-refractivity contribution in [1.29, 1.82) is 0 Å². The van der Waals surface area contributed by atoms with Gasteiger partial charge in [-0.05, 0) is 88.5 Å². The molecule has 6 aromatic rings. The minimum Gasteiger partial charge on any atom is -0.482 e. The lowest BCUT2D eigenvalue weighted by atomic mass is 10.1. The number of hydrogen-bond donors (Lipinski definition) is 0. The summed E-state index contributed by atoms with van der Waals surface area (Å²) in [4.78, 5) is 37.7. The van der Waals surface area contributed by atoms with Gasteiger partial charge < -0.3 is 19.3 Å². The second kappa shape index (κ2) is 20.4. The van der Waals surface area contributed by atoms with Gasteiger partial charge in [0, 0.05) is 90.5 Å². The molecule has 0 bridgehead atoms. The largest absolute Gasteiger partial charge is 0.482 e. The lowest BCUT2D eigenvalue weighted by molar-refractivity contribution is -0.160. The highest BCUT2D eigenvalue weighted by Crippen LogP contribution is 2.25. The SMILES string of the molecule is CN(C)c1ccc(CN(Cc2cccc(CC(=O)OC(=O)COc3cccc(CN(Cc4ccc(N(C)C)cc4)S(=O)(=O)c4cccnc4)c3)c2)S(=O)(=O)c2cccnc2)cc1. The van der Waals surface area contributed by atoms with Crippen LogP contribution >= 0.6 is 0 Å². The van der Waals surface area contributed by atoms with Gasteiger partial charge in [0.25, 0.3) is 0 Å². The number of benzene rings is 4. The minimum absolute atomic E-state index is 0.00158. The maximum absolute atomic E-state index is 13.8. The molecule has 2 aromatic heterocycles. The summed E-state index contributed by atoms with van der Waals surface area (Å²) in [5.74, 6) is -1.47. The van der Waals surface area contributed by atoms with Crippen molar-refractivity contribution in [2.75, 3.05) is 44.6 Å². The van der Waals surface area contributed by atoms with Gasteiger partial charge in [0.2, 0.25) is 20.0 Å². The van der Waals surface area contributed by atoms with Crippen LogP contribution in [0.5, 0.6) is 5.75 Å². The number of carbonyl (C=O) groups is 2. The quantitative estimate of drug-likeness (QED) is 0.0683. The molecule has 0 spiro atoms. The van der Waals surface area contributed by atoms with E-state index < -0.39 is 38.6 Å². The number of sulfonamides is 2. The summed E-state index contributed by atoms with van der Waals surface area (Å²) >= 11 is 0. The highest BCUT2D eigenvalue weighted by Gasteiger charge is 2.27. The van der Waals surface area contributed by atoms with Crippen LogP contribution < -0.4 is 14.5 Å². The first kappa shape index (κ1) is 45.1. The fourth-order valence-electron chi connectivity index (χ4n) is 6.44. The highest BCUT2D eigenvalue weighted by atomic mass is 32.2. The first-order valence-corrected chi connectivity index (χ1v) is 22.4. The number of rotatable bonds is 19. The predicted octanol–water partition coefficient (Wildman–Crippen LogP) is 6.08. The molecule has 0 unspecified atom stereocenters. The summed E-state index contributed by atoms with van der Waals surface area (Å²) in [6.07, 6.45) is 5.37. The topological polar surface area (TPSA) is 160 Å². The number of carbonyl (C=O) groups excluding carboxylic acids is 2. The molecule has 62 heavy (non-hydrogen) atoms. The first-order valence-electron chi connectivity index (χ1n) is 19.5. The van der Waals surface area contributed by atoms with E-state index in [0.717, 1.165) is 22.5 Å². The van der Waals surface area contributed by atoms with Crippen molar-refractivity contribution in [2.45, 2.75) is 42.4 Å². The number of pyridine rings is 2. The third-order valence-corrected chi connectivity index (χ3v) is 13.3. The number of hydrogen-bond acceptors (Lipinski definition) is 12. The lowest BCUT2D eigenvalue weighted by Crippen LogP contribution is -2.30. The zero-order valence-corrected chi connectivity index (χ0v) is 36.5. The Labute approximate surface area is 363 Å². The Morgan fingerprint density at radius 2 is 0.968 bits per heavy atom.